The maximum atomic E-state index is 8.91. The van der Waals surface area contributed by atoms with Crippen molar-refractivity contribution in [3.8, 4) is 6.07 Å². The van der Waals surface area contributed by atoms with Crippen molar-refractivity contribution in [1.29, 1.82) is 5.26 Å². The van der Waals surface area contributed by atoms with E-state index in [9.17, 15) is 0 Å². The predicted octanol–water partition coefficient (Wildman–Crippen LogP) is 2.41. The first kappa shape index (κ1) is 12.9. The van der Waals surface area contributed by atoms with Crippen molar-refractivity contribution in [2.45, 2.75) is 20.8 Å². The minimum atomic E-state index is 0.556. The zero-order valence-electron chi connectivity index (χ0n) is 9.91. The lowest BCUT2D eigenvalue weighted by atomic mass is 10.2. The lowest BCUT2D eigenvalue weighted by Gasteiger charge is -2.07. The molecular weight excluding hydrogens is 222 g/mol. The van der Waals surface area contributed by atoms with Crippen molar-refractivity contribution in [3.63, 3.8) is 0 Å². The maximum Gasteiger partial charge on any atom is 0.127 e. The molecule has 1 aromatic rings. The SMILES string of the molecule is Cc1nsc(NCCOCC(C)C)c1C#N. The smallest absolute Gasteiger partial charge is 0.127 e. The van der Waals surface area contributed by atoms with Crippen LogP contribution in [0.25, 0.3) is 0 Å². The lowest BCUT2D eigenvalue weighted by molar-refractivity contribution is 0.118. The second-order valence-corrected chi connectivity index (χ2v) is 4.75. The van der Waals surface area contributed by atoms with E-state index < -0.39 is 0 Å². The molecule has 0 aliphatic carbocycles. The number of nitriles is 1. The minimum Gasteiger partial charge on any atom is -0.379 e. The van der Waals surface area contributed by atoms with Crippen molar-refractivity contribution in [3.05, 3.63) is 11.3 Å². The summed E-state index contributed by atoms with van der Waals surface area (Å²) >= 11 is 1.33. The van der Waals surface area contributed by atoms with Crippen LogP contribution in [0.2, 0.25) is 0 Å². The summed E-state index contributed by atoms with van der Waals surface area (Å²) in [6, 6.07) is 2.15. The number of hydrogen-bond acceptors (Lipinski definition) is 5. The fourth-order valence-electron chi connectivity index (χ4n) is 1.18. The van der Waals surface area contributed by atoms with Crippen LogP contribution >= 0.6 is 11.5 Å². The molecule has 0 fully saturated rings. The summed E-state index contributed by atoms with van der Waals surface area (Å²) in [5, 5.41) is 12.9. The van der Waals surface area contributed by atoms with E-state index in [0.717, 1.165) is 17.3 Å². The standard InChI is InChI=1S/C11H17N3OS/c1-8(2)7-15-5-4-13-11-10(6-12)9(3)14-16-11/h8,13H,4-5,7H2,1-3H3. The molecule has 1 heterocycles. The Hall–Kier alpha value is -1.12. The first-order valence-electron chi connectivity index (χ1n) is 5.33. The van der Waals surface area contributed by atoms with Gasteiger partial charge < -0.3 is 10.1 Å². The molecule has 1 aromatic heterocycles. The predicted molar refractivity (Wildman–Crippen MR) is 65.7 cm³/mol. The third-order valence-corrected chi connectivity index (χ3v) is 2.85. The van der Waals surface area contributed by atoms with E-state index in [-0.39, 0.29) is 0 Å². The molecule has 0 radical (unpaired) electrons. The molecule has 88 valence electrons. The highest BCUT2D eigenvalue weighted by atomic mass is 32.1. The van der Waals surface area contributed by atoms with Crippen molar-refractivity contribution < 1.29 is 4.74 Å². The third-order valence-electron chi connectivity index (χ3n) is 1.96. The van der Waals surface area contributed by atoms with Gasteiger partial charge in [0.2, 0.25) is 0 Å². The van der Waals surface area contributed by atoms with Gasteiger partial charge in [0.1, 0.15) is 16.6 Å². The van der Waals surface area contributed by atoms with Crippen LogP contribution in [0.15, 0.2) is 0 Å². The van der Waals surface area contributed by atoms with Gasteiger partial charge >= 0.3 is 0 Å². The molecule has 4 nitrogen and oxygen atoms in total. The number of hydrogen-bond donors (Lipinski definition) is 1. The van der Waals surface area contributed by atoms with Gasteiger partial charge in [0.05, 0.1) is 12.3 Å². The number of nitrogens with zero attached hydrogens (tertiary/aromatic N) is 2. The van der Waals surface area contributed by atoms with Gasteiger partial charge in [0.25, 0.3) is 0 Å². The van der Waals surface area contributed by atoms with Crippen LogP contribution in [0.4, 0.5) is 5.00 Å². The molecule has 0 aliphatic heterocycles. The number of rotatable bonds is 6. The van der Waals surface area contributed by atoms with E-state index >= 15 is 0 Å². The summed E-state index contributed by atoms with van der Waals surface area (Å²) in [6.07, 6.45) is 0. The van der Waals surface area contributed by atoms with Gasteiger partial charge in [-0.25, -0.2) is 0 Å². The zero-order chi connectivity index (χ0) is 12.0. The second kappa shape index (κ2) is 6.46. The summed E-state index contributed by atoms with van der Waals surface area (Å²) in [5.74, 6) is 0.556. The Morgan fingerprint density at radius 3 is 2.94 bits per heavy atom. The highest BCUT2D eigenvalue weighted by Gasteiger charge is 2.08. The molecule has 0 unspecified atom stereocenters. The number of aromatic nitrogens is 1. The fourth-order valence-corrected chi connectivity index (χ4v) is 1.95. The molecular formula is C11H17N3OS. The number of ether oxygens (including phenoxy) is 1. The quantitative estimate of drug-likeness (QED) is 0.774. The highest BCUT2D eigenvalue weighted by Crippen LogP contribution is 2.22. The zero-order valence-corrected chi connectivity index (χ0v) is 10.7. The molecule has 0 atom stereocenters. The van der Waals surface area contributed by atoms with E-state index in [1.54, 1.807) is 0 Å². The lowest BCUT2D eigenvalue weighted by Crippen LogP contribution is -2.12. The van der Waals surface area contributed by atoms with Gasteiger partial charge in [-0.2, -0.15) is 9.64 Å². The summed E-state index contributed by atoms with van der Waals surface area (Å²) in [7, 11) is 0. The van der Waals surface area contributed by atoms with Gasteiger partial charge in [0.15, 0.2) is 0 Å². The van der Waals surface area contributed by atoms with Crippen molar-refractivity contribution in [1.82, 2.24) is 4.37 Å². The van der Waals surface area contributed by atoms with Crippen molar-refractivity contribution in [2.75, 3.05) is 25.1 Å². The Morgan fingerprint density at radius 1 is 1.56 bits per heavy atom. The van der Waals surface area contributed by atoms with Crippen LogP contribution in [-0.2, 0) is 4.74 Å². The fraction of sp³-hybridized carbons (Fsp3) is 0.636. The average molecular weight is 239 g/mol. The molecule has 16 heavy (non-hydrogen) atoms. The Bertz CT molecular complexity index is 368. The van der Waals surface area contributed by atoms with Crippen LogP contribution in [0.1, 0.15) is 25.1 Å². The molecule has 0 aliphatic rings. The van der Waals surface area contributed by atoms with Gasteiger partial charge in [-0.1, -0.05) is 13.8 Å². The first-order valence-corrected chi connectivity index (χ1v) is 6.10. The molecule has 0 amide bonds. The number of aryl methyl sites for hydroxylation is 1. The van der Waals surface area contributed by atoms with Crippen LogP contribution in [0, 0.1) is 24.2 Å². The van der Waals surface area contributed by atoms with E-state index in [1.807, 2.05) is 6.92 Å². The number of nitrogens with one attached hydrogen (secondary N) is 1. The molecule has 0 saturated heterocycles. The maximum absolute atomic E-state index is 8.91. The van der Waals surface area contributed by atoms with Crippen LogP contribution < -0.4 is 5.32 Å². The average Bonchev–Trinajstić information content (AvgIpc) is 2.58. The van der Waals surface area contributed by atoms with Gasteiger partial charge in [-0.3, -0.25) is 0 Å². The molecule has 1 N–H and O–H groups in total. The summed E-state index contributed by atoms with van der Waals surface area (Å²) in [4.78, 5) is 0. The van der Waals surface area contributed by atoms with Gasteiger partial charge in [-0.05, 0) is 24.4 Å². The number of anilines is 1. The van der Waals surface area contributed by atoms with Crippen LogP contribution in [-0.4, -0.2) is 24.1 Å². The monoisotopic (exact) mass is 239 g/mol. The summed E-state index contributed by atoms with van der Waals surface area (Å²) < 4.78 is 9.57. The van der Waals surface area contributed by atoms with Crippen LogP contribution in [0.3, 0.4) is 0 Å². The largest absolute Gasteiger partial charge is 0.379 e. The van der Waals surface area contributed by atoms with Gasteiger partial charge in [0, 0.05) is 13.2 Å². The van der Waals surface area contributed by atoms with Crippen molar-refractivity contribution >= 4 is 16.5 Å². The van der Waals surface area contributed by atoms with Gasteiger partial charge in [-0.15, -0.1) is 0 Å². The molecule has 0 spiro atoms. The Morgan fingerprint density at radius 2 is 2.31 bits per heavy atom. The molecule has 5 heteroatoms. The van der Waals surface area contributed by atoms with Crippen molar-refractivity contribution in [2.24, 2.45) is 5.92 Å². The highest BCUT2D eigenvalue weighted by molar-refractivity contribution is 7.10. The Kier molecular flexibility index (Phi) is 5.23. The second-order valence-electron chi connectivity index (χ2n) is 3.98. The van der Waals surface area contributed by atoms with E-state index in [4.69, 9.17) is 10.00 Å². The Balaban J connectivity index is 2.30. The summed E-state index contributed by atoms with van der Waals surface area (Å²) in [5.41, 5.74) is 1.44. The first-order chi connectivity index (χ1) is 7.65. The molecule has 0 saturated carbocycles. The topological polar surface area (TPSA) is 57.9 Å². The van der Waals surface area contributed by atoms with E-state index in [1.165, 1.54) is 11.5 Å². The Labute approximate surface area is 100 Å². The minimum absolute atomic E-state index is 0.556. The molecule has 1 rings (SSSR count). The molecule has 0 aromatic carbocycles. The van der Waals surface area contributed by atoms with Crippen LogP contribution in [0.5, 0.6) is 0 Å². The summed E-state index contributed by atoms with van der Waals surface area (Å²) in [6.45, 7) is 8.22. The normalized spacial score (nSPS) is 10.4. The van der Waals surface area contributed by atoms with E-state index in [2.05, 4.69) is 29.6 Å². The molecule has 0 bridgehead atoms. The van der Waals surface area contributed by atoms with E-state index in [0.29, 0.717) is 24.6 Å². The third kappa shape index (κ3) is 3.80.